The number of hydrogen-bond acceptors (Lipinski definition) is 7. The lowest BCUT2D eigenvalue weighted by Crippen LogP contribution is -2.21. The van der Waals surface area contributed by atoms with Crippen LogP contribution in [0.3, 0.4) is 0 Å². The summed E-state index contributed by atoms with van der Waals surface area (Å²) in [5.74, 6) is -1.66. The molecule has 134 valence electrons. The van der Waals surface area contributed by atoms with Gasteiger partial charge in [0, 0.05) is 11.8 Å². The highest BCUT2D eigenvalue weighted by Crippen LogP contribution is 2.24. The number of Topliss-reactive ketones (excluding diaryl/α,β-unsaturated/α-hetero) is 1. The van der Waals surface area contributed by atoms with Crippen LogP contribution in [0.25, 0.3) is 0 Å². The van der Waals surface area contributed by atoms with Crippen molar-refractivity contribution in [3.63, 3.8) is 0 Å². The van der Waals surface area contributed by atoms with Crippen molar-refractivity contribution in [1.82, 2.24) is 4.98 Å². The number of carbonyl (C=O) groups is 1. The van der Waals surface area contributed by atoms with Crippen molar-refractivity contribution in [2.45, 2.75) is 9.79 Å². The molecular weight excluding hydrogens is 392 g/mol. The molecule has 0 unspecified atom stereocenters. The van der Waals surface area contributed by atoms with Crippen molar-refractivity contribution < 1.29 is 26.4 Å². The second kappa shape index (κ2) is 7.08. The number of benzene rings is 1. The number of nitrogens with zero attached hydrogens (tertiary/aromatic N) is 1. The van der Waals surface area contributed by atoms with Crippen LogP contribution in [-0.2, 0) is 19.9 Å². The molecule has 0 aliphatic carbocycles. The van der Waals surface area contributed by atoms with E-state index in [4.69, 9.17) is 21.5 Å². The molecule has 1 aromatic heterocycles. The van der Waals surface area contributed by atoms with E-state index in [-0.39, 0.29) is 16.5 Å². The molecule has 25 heavy (non-hydrogen) atoms. The van der Waals surface area contributed by atoms with Crippen LogP contribution in [0.1, 0.15) is 10.4 Å². The second-order valence-electron chi connectivity index (χ2n) is 4.89. The lowest BCUT2D eigenvalue weighted by atomic mass is 10.2. The minimum Gasteiger partial charge on any atom is -0.494 e. The molecule has 2 aromatic rings. The molecule has 2 rings (SSSR count). The lowest BCUT2D eigenvalue weighted by Gasteiger charge is -2.09. The van der Waals surface area contributed by atoms with E-state index in [1.165, 1.54) is 25.3 Å². The molecule has 0 aliphatic heterocycles. The Kier molecular flexibility index (Phi) is 5.47. The monoisotopic (exact) mass is 404 g/mol. The SMILES string of the molecule is COc1cc(C(=O)CS(=O)(=O)c2ccccc2S(N)(=O)=O)cnc1Cl. The predicted octanol–water partition coefficient (Wildman–Crippen LogP) is 1.05. The molecule has 0 radical (unpaired) electrons. The van der Waals surface area contributed by atoms with Gasteiger partial charge in [-0.15, -0.1) is 0 Å². The summed E-state index contributed by atoms with van der Waals surface area (Å²) in [7, 11) is -7.22. The molecule has 0 aliphatic rings. The third-order valence-electron chi connectivity index (χ3n) is 3.16. The molecule has 0 spiro atoms. The number of rotatable bonds is 6. The molecule has 0 saturated carbocycles. The average Bonchev–Trinajstić information content (AvgIpc) is 2.54. The van der Waals surface area contributed by atoms with Gasteiger partial charge in [-0.1, -0.05) is 23.7 Å². The Bertz CT molecular complexity index is 1040. The summed E-state index contributed by atoms with van der Waals surface area (Å²) in [4.78, 5) is 14.9. The molecule has 11 heteroatoms. The fraction of sp³-hybridized carbons (Fsp3) is 0.143. The van der Waals surface area contributed by atoms with E-state index in [0.717, 1.165) is 18.3 Å². The minimum atomic E-state index is -4.27. The maximum absolute atomic E-state index is 12.5. The molecular formula is C14H13ClN2O6S2. The zero-order valence-corrected chi connectivity index (χ0v) is 15.2. The Balaban J connectivity index is 2.42. The summed E-state index contributed by atoms with van der Waals surface area (Å²) in [6.45, 7) is 0. The van der Waals surface area contributed by atoms with Gasteiger partial charge >= 0.3 is 0 Å². The Hall–Kier alpha value is -2.01. The van der Waals surface area contributed by atoms with E-state index >= 15 is 0 Å². The summed E-state index contributed by atoms with van der Waals surface area (Å²) < 4.78 is 53.0. The van der Waals surface area contributed by atoms with Crippen LogP contribution >= 0.6 is 11.6 Å². The van der Waals surface area contributed by atoms with Crippen molar-refractivity contribution in [3.05, 3.63) is 47.2 Å². The zero-order valence-electron chi connectivity index (χ0n) is 12.8. The van der Waals surface area contributed by atoms with Crippen molar-refractivity contribution in [2.24, 2.45) is 5.14 Å². The summed E-state index contributed by atoms with van der Waals surface area (Å²) in [5, 5.41) is 5.05. The number of pyridine rings is 1. The van der Waals surface area contributed by atoms with Crippen LogP contribution in [0.15, 0.2) is 46.3 Å². The molecule has 0 bridgehead atoms. The van der Waals surface area contributed by atoms with Gasteiger partial charge in [0.25, 0.3) is 0 Å². The third kappa shape index (κ3) is 4.34. The number of halogens is 1. The van der Waals surface area contributed by atoms with Gasteiger partial charge in [-0.2, -0.15) is 0 Å². The molecule has 0 saturated heterocycles. The number of primary sulfonamides is 1. The first-order valence-corrected chi connectivity index (χ1v) is 10.2. The second-order valence-corrected chi connectivity index (χ2v) is 8.74. The first-order chi connectivity index (χ1) is 11.6. The maximum Gasteiger partial charge on any atom is 0.239 e. The van der Waals surface area contributed by atoms with E-state index in [0.29, 0.717) is 0 Å². The van der Waals surface area contributed by atoms with Crippen molar-refractivity contribution in [3.8, 4) is 5.75 Å². The summed E-state index contributed by atoms with van der Waals surface area (Å²) in [5.41, 5.74) is -0.0436. The fourth-order valence-corrected chi connectivity index (χ4v) is 4.85. The summed E-state index contributed by atoms with van der Waals surface area (Å²) in [6.07, 6.45) is 1.11. The highest BCUT2D eigenvalue weighted by Gasteiger charge is 2.27. The van der Waals surface area contributed by atoms with Crippen LogP contribution < -0.4 is 9.88 Å². The van der Waals surface area contributed by atoms with E-state index in [1.54, 1.807) is 0 Å². The van der Waals surface area contributed by atoms with E-state index < -0.39 is 41.2 Å². The molecule has 1 heterocycles. The number of methoxy groups -OCH3 is 1. The highest BCUT2D eigenvalue weighted by molar-refractivity contribution is 7.94. The van der Waals surface area contributed by atoms with Gasteiger partial charge < -0.3 is 4.74 Å². The number of ketones is 1. The standard InChI is InChI=1S/C14H13ClN2O6S2/c1-23-11-6-9(7-17-14(11)15)10(18)8-24(19,20)12-4-2-3-5-13(12)25(16,21)22/h2-7H,8H2,1H3,(H2,16,21,22). The van der Waals surface area contributed by atoms with E-state index in [1.807, 2.05) is 0 Å². The minimum absolute atomic E-state index is 0.0153. The van der Waals surface area contributed by atoms with Crippen molar-refractivity contribution >= 4 is 37.2 Å². The number of sulfone groups is 1. The first-order valence-electron chi connectivity index (χ1n) is 6.63. The predicted molar refractivity (Wildman–Crippen MR) is 90.0 cm³/mol. The molecule has 0 amide bonds. The normalized spacial score (nSPS) is 12.0. The molecule has 0 atom stereocenters. The van der Waals surface area contributed by atoms with Gasteiger partial charge in [0.05, 0.1) is 12.0 Å². The number of hydrogen-bond donors (Lipinski definition) is 1. The van der Waals surface area contributed by atoms with E-state index in [9.17, 15) is 21.6 Å². The van der Waals surface area contributed by atoms with Gasteiger partial charge in [0.15, 0.2) is 26.5 Å². The van der Waals surface area contributed by atoms with Crippen LogP contribution in [0, 0.1) is 0 Å². The van der Waals surface area contributed by atoms with Crippen LogP contribution in [0.4, 0.5) is 0 Å². The molecule has 0 fully saturated rings. The van der Waals surface area contributed by atoms with E-state index in [2.05, 4.69) is 4.98 Å². The quantitative estimate of drug-likeness (QED) is 0.561. The zero-order chi connectivity index (χ0) is 18.8. The molecule has 1 aromatic carbocycles. The Labute approximate surface area is 149 Å². The van der Waals surface area contributed by atoms with Crippen molar-refractivity contribution in [2.75, 3.05) is 12.9 Å². The topological polar surface area (TPSA) is 133 Å². The number of nitrogens with two attached hydrogens (primary N) is 1. The van der Waals surface area contributed by atoms with Crippen LogP contribution in [0.5, 0.6) is 5.75 Å². The van der Waals surface area contributed by atoms with Crippen LogP contribution in [-0.4, -0.2) is 40.5 Å². The number of sulfonamides is 1. The number of aromatic nitrogens is 1. The third-order valence-corrected chi connectivity index (χ3v) is 6.21. The number of ether oxygens (including phenoxy) is 1. The van der Waals surface area contributed by atoms with Gasteiger partial charge in [-0.25, -0.2) is 27.0 Å². The maximum atomic E-state index is 12.5. The Morgan fingerprint density at radius 3 is 2.36 bits per heavy atom. The summed E-state index contributed by atoms with van der Waals surface area (Å²) in [6, 6.07) is 6.04. The Morgan fingerprint density at radius 2 is 1.80 bits per heavy atom. The summed E-state index contributed by atoms with van der Waals surface area (Å²) >= 11 is 5.75. The van der Waals surface area contributed by atoms with Gasteiger partial charge in [0.1, 0.15) is 10.6 Å². The lowest BCUT2D eigenvalue weighted by molar-refractivity contribution is 0.102. The Morgan fingerprint density at radius 1 is 1.20 bits per heavy atom. The fourth-order valence-electron chi connectivity index (χ4n) is 2.00. The van der Waals surface area contributed by atoms with Crippen LogP contribution in [0.2, 0.25) is 5.15 Å². The number of carbonyl (C=O) groups excluding carboxylic acids is 1. The van der Waals surface area contributed by atoms with Crippen molar-refractivity contribution in [1.29, 1.82) is 0 Å². The highest BCUT2D eigenvalue weighted by atomic mass is 35.5. The first kappa shape index (κ1) is 19.3. The van der Waals surface area contributed by atoms with Gasteiger partial charge in [-0.3, -0.25) is 4.79 Å². The largest absolute Gasteiger partial charge is 0.494 e. The average molecular weight is 405 g/mol. The smallest absolute Gasteiger partial charge is 0.239 e. The van der Waals surface area contributed by atoms with Gasteiger partial charge in [0.2, 0.25) is 10.0 Å². The molecule has 2 N–H and O–H groups in total. The molecule has 8 nitrogen and oxygen atoms in total. The van der Waals surface area contributed by atoms with Gasteiger partial charge in [-0.05, 0) is 18.2 Å².